The fraction of sp³-hybridized carbons (Fsp3) is 0.357. The van der Waals surface area contributed by atoms with Crippen LogP contribution in [0.25, 0.3) is 10.8 Å². The van der Waals surface area contributed by atoms with Crippen LogP contribution in [0.3, 0.4) is 0 Å². The Morgan fingerprint density at radius 3 is 2.47 bits per heavy atom. The number of amides is 2. The molecule has 4 nitrogen and oxygen atoms in total. The largest absolute Gasteiger partial charge is 0.354 e. The molecule has 0 heterocycles. The molecule has 1 atom stereocenters. The monoisotopic (exact) mass is 498 g/mol. The van der Waals surface area contributed by atoms with Gasteiger partial charge in [0.05, 0.1) is 10.0 Å². The Hall–Kier alpha value is -2.56. The maximum absolute atomic E-state index is 13.5. The Labute approximate surface area is 212 Å². The fourth-order valence-electron chi connectivity index (χ4n) is 4.16. The summed E-state index contributed by atoms with van der Waals surface area (Å²) in [6.45, 7) is 4.92. The van der Waals surface area contributed by atoms with Crippen molar-refractivity contribution in [3.8, 4) is 0 Å². The molecule has 0 bridgehead atoms. The van der Waals surface area contributed by atoms with E-state index in [2.05, 4.69) is 36.5 Å². The van der Waals surface area contributed by atoms with Crippen LogP contribution in [0, 0.1) is 0 Å². The third kappa shape index (κ3) is 6.74. The van der Waals surface area contributed by atoms with E-state index in [0.717, 1.165) is 34.7 Å². The highest BCUT2D eigenvalue weighted by atomic mass is 35.5. The van der Waals surface area contributed by atoms with Crippen molar-refractivity contribution in [1.82, 2.24) is 10.2 Å². The average Bonchev–Trinajstić information content (AvgIpc) is 2.84. The van der Waals surface area contributed by atoms with Gasteiger partial charge in [-0.15, -0.1) is 0 Å². The van der Waals surface area contributed by atoms with Crippen LogP contribution in [0.4, 0.5) is 0 Å². The zero-order chi connectivity index (χ0) is 24.5. The lowest BCUT2D eigenvalue weighted by Crippen LogP contribution is -2.49. The first-order valence-corrected chi connectivity index (χ1v) is 12.7. The first kappa shape index (κ1) is 26.1. The van der Waals surface area contributed by atoms with Crippen LogP contribution in [0.1, 0.15) is 50.7 Å². The third-order valence-corrected chi connectivity index (χ3v) is 6.78. The van der Waals surface area contributed by atoms with Crippen LogP contribution in [-0.2, 0) is 22.6 Å². The zero-order valence-electron chi connectivity index (χ0n) is 19.8. The van der Waals surface area contributed by atoms with Crippen LogP contribution in [0.5, 0.6) is 0 Å². The van der Waals surface area contributed by atoms with Crippen molar-refractivity contribution in [1.29, 1.82) is 0 Å². The number of nitrogens with one attached hydrogen (secondary N) is 1. The maximum atomic E-state index is 13.5. The molecular weight excluding hydrogens is 467 g/mol. The van der Waals surface area contributed by atoms with Gasteiger partial charge in [0.1, 0.15) is 6.04 Å². The second kappa shape index (κ2) is 12.8. The van der Waals surface area contributed by atoms with Crippen molar-refractivity contribution in [2.24, 2.45) is 0 Å². The number of aryl methyl sites for hydroxylation is 1. The van der Waals surface area contributed by atoms with E-state index in [1.165, 1.54) is 0 Å². The predicted octanol–water partition coefficient (Wildman–Crippen LogP) is 6.80. The Bertz CT molecular complexity index is 1130. The van der Waals surface area contributed by atoms with Gasteiger partial charge in [-0.2, -0.15) is 0 Å². The second-order valence-corrected chi connectivity index (χ2v) is 9.29. The van der Waals surface area contributed by atoms with E-state index in [9.17, 15) is 9.59 Å². The number of hydrogen-bond donors (Lipinski definition) is 1. The van der Waals surface area contributed by atoms with Gasteiger partial charge in [-0.25, -0.2) is 0 Å². The molecule has 0 aliphatic rings. The Morgan fingerprint density at radius 2 is 1.74 bits per heavy atom. The molecule has 0 spiro atoms. The molecule has 0 saturated carbocycles. The molecule has 0 saturated heterocycles. The smallest absolute Gasteiger partial charge is 0.242 e. The molecule has 1 N–H and O–H groups in total. The maximum Gasteiger partial charge on any atom is 0.242 e. The van der Waals surface area contributed by atoms with E-state index in [1.54, 1.807) is 17.0 Å². The van der Waals surface area contributed by atoms with Gasteiger partial charge in [0, 0.05) is 19.5 Å². The van der Waals surface area contributed by atoms with Gasteiger partial charge in [-0.1, -0.05) is 92.0 Å². The summed E-state index contributed by atoms with van der Waals surface area (Å²) in [5.74, 6) is -0.175. The summed E-state index contributed by atoms with van der Waals surface area (Å²) in [4.78, 5) is 28.2. The number of fused-ring (bicyclic) bond motifs is 1. The van der Waals surface area contributed by atoms with Crippen LogP contribution in [0.2, 0.25) is 10.0 Å². The Morgan fingerprint density at radius 1 is 0.971 bits per heavy atom. The second-order valence-electron chi connectivity index (χ2n) is 8.48. The zero-order valence-corrected chi connectivity index (χ0v) is 21.3. The molecule has 0 unspecified atom stereocenters. The lowest BCUT2D eigenvalue weighted by atomic mass is 10.00. The van der Waals surface area contributed by atoms with E-state index < -0.39 is 6.04 Å². The number of nitrogens with zero attached hydrogens (tertiary/aromatic N) is 1. The summed E-state index contributed by atoms with van der Waals surface area (Å²) in [7, 11) is 0. The molecule has 3 aromatic rings. The summed E-state index contributed by atoms with van der Waals surface area (Å²) in [5, 5.41) is 6.19. The van der Waals surface area contributed by atoms with E-state index in [-0.39, 0.29) is 11.8 Å². The summed E-state index contributed by atoms with van der Waals surface area (Å²) < 4.78 is 0. The van der Waals surface area contributed by atoms with Crippen molar-refractivity contribution in [2.75, 3.05) is 6.54 Å². The third-order valence-electron chi connectivity index (χ3n) is 6.04. The normalized spacial score (nSPS) is 11.9. The molecule has 34 heavy (non-hydrogen) atoms. The number of rotatable bonds is 11. The summed E-state index contributed by atoms with van der Waals surface area (Å²) in [5.41, 5.74) is 1.97. The highest BCUT2D eigenvalue weighted by molar-refractivity contribution is 6.42. The van der Waals surface area contributed by atoms with Gasteiger partial charge in [0.2, 0.25) is 11.8 Å². The van der Waals surface area contributed by atoms with Crippen molar-refractivity contribution >= 4 is 45.8 Å². The molecular formula is C28H32Cl2N2O2. The summed E-state index contributed by atoms with van der Waals surface area (Å²) in [6.07, 6.45) is 3.34. The Balaban J connectivity index is 1.82. The molecule has 3 aromatic carbocycles. The minimum Gasteiger partial charge on any atom is -0.354 e. The lowest BCUT2D eigenvalue weighted by Gasteiger charge is -2.31. The van der Waals surface area contributed by atoms with E-state index >= 15 is 0 Å². The first-order chi connectivity index (χ1) is 16.4. The number of benzene rings is 3. The molecule has 6 heteroatoms. The van der Waals surface area contributed by atoms with Crippen molar-refractivity contribution in [3.05, 3.63) is 81.8 Å². The van der Waals surface area contributed by atoms with Crippen molar-refractivity contribution < 1.29 is 9.59 Å². The van der Waals surface area contributed by atoms with Crippen molar-refractivity contribution in [3.63, 3.8) is 0 Å². The highest BCUT2D eigenvalue weighted by Gasteiger charge is 2.28. The van der Waals surface area contributed by atoms with E-state index in [0.29, 0.717) is 42.4 Å². The minimum absolute atomic E-state index is 0.0588. The van der Waals surface area contributed by atoms with Gasteiger partial charge in [0.15, 0.2) is 0 Å². The molecule has 0 aliphatic heterocycles. The number of carbonyl (C=O) groups excluding carboxylic acids is 2. The average molecular weight is 499 g/mol. The lowest BCUT2D eigenvalue weighted by molar-refractivity contribution is -0.141. The SMILES string of the molecule is CCCCNC(=O)[C@H](CC)N(Cc1ccc(Cl)c(Cl)c1)C(=O)CCc1cccc2ccccc12. The topological polar surface area (TPSA) is 49.4 Å². The molecule has 2 amide bonds. The van der Waals surface area contributed by atoms with Crippen molar-refractivity contribution in [2.45, 2.75) is 58.5 Å². The number of carbonyl (C=O) groups is 2. The molecule has 0 fully saturated rings. The standard InChI is InChI=1S/C28H32Cl2N2O2/c1-3-5-17-31-28(34)26(4-2)32(19-20-13-15-24(29)25(30)18-20)27(33)16-14-22-11-8-10-21-9-6-7-12-23(21)22/h6-13,15,18,26H,3-5,14,16-17,19H2,1-2H3,(H,31,34)/t26-/m0/s1. The first-order valence-electron chi connectivity index (χ1n) is 11.9. The van der Waals surface area contributed by atoms with E-state index in [1.807, 2.05) is 31.2 Å². The molecule has 0 aliphatic carbocycles. The van der Waals surface area contributed by atoms with Gasteiger partial charge in [0.25, 0.3) is 0 Å². The van der Waals surface area contributed by atoms with Crippen LogP contribution >= 0.6 is 23.2 Å². The van der Waals surface area contributed by atoms with Crippen LogP contribution in [0.15, 0.2) is 60.7 Å². The predicted molar refractivity (Wildman–Crippen MR) is 141 cm³/mol. The number of unbranched alkanes of at least 4 members (excludes halogenated alkanes) is 1. The molecule has 0 radical (unpaired) electrons. The quantitative estimate of drug-likeness (QED) is 0.295. The fourth-order valence-corrected chi connectivity index (χ4v) is 4.48. The van der Waals surface area contributed by atoms with Gasteiger partial charge in [-0.3, -0.25) is 9.59 Å². The van der Waals surface area contributed by atoms with Gasteiger partial charge >= 0.3 is 0 Å². The molecule has 3 rings (SSSR count). The summed E-state index contributed by atoms with van der Waals surface area (Å²) >= 11 is 12.3. The van der Waals surface area contributed by atoms with Crippen LogP contribution in [-0.4, -0.2) is 29.3 Å². The van der Waals surface area contributed by atoms with Crippen LogP contribution < -0.4 is 5.32 Å². The highest BCUT2D eigenvalue weighted by Crippen LogP contribution is 2.25. The molecule has 180 valence electrons. The van der Waals surface area contributed by atoms with Gasteiger partial charge in [-0.05, 0) is 53.3 Å². The van der Waals surface area contributed by atoms with E-state index in [4.69, 9.17) is 23.2 Å². The minimum atomic E-state index is -0.550. The van der Waals surface area contributed by atoms with Gasteiger partial charge < -0.3 is 10.2 Å². The number of halogens is 2. The summed E-state index contributed by atoms with van der Waals surface area (Å²) in [6, 6.07) is 19.1. The Kier molecular flexibility index (Phi) is 9.79. The molecule has 0 aromatic heterocycles. The number of hydrogen-bond acceptors (Lipinski definition) is 2.